The highest BCUT2D eigenvalue weighted by Gasteiger charge is 2.13. The minimum atomic E-state index is -3.29. The molecule has 0 aromatic carbocycles. The van der Waals surface area contributed by atoms with E-state index < -0.39 is 10.0 Å². The summed E-state index contributed by atoms with van der Waals surface area (Å²) in [5, 5.41) is 4.90. The second kappa shape index (κ2) is 5.09. The molecule has 4 nitrogen and oxygen atoms in total. The molecule has 86 valence electrons. The van der Waals surface area contributed by atoms with Gasteiger partial charge in [0, 0.05) is 6.54 Å². The van der Waals surface area contributed by atoms with Crippen molar-refractivity contribution >= 4 is 10.0 Å². The van der Waals surface area contributed by atoms with Gasteiger partial charge in [0.05, 0.1) is 5.75 Å². The van der Waals surface area contributed by atoms with E-state index in [0.717, 1.165) is 13.1 Å². The van der Waals surface area contributed by atoms with Crippen LogP contribution in [0.1, 0.15) is 27.2 Å². The summed E-state index contributed by atoms with van der Waals surface area (Å²) in [5.41, 5.74) is 0.246. The SMILES string of the molecule is CN(CCCS(N)(=O)=O)CC(C)(C)C. The molecule has 0 bridgehead atoms. The van der Waals surface area contributed by atoms with E-state index in [0.29, 0.717) is 6.42 Å². The van der Waals surface area contributed by atoms with Gasteiger partial charge in [-0.15, -0.1) is 0 Å². The molecule has 0 saturated carbocycles. The summed E-state index contributed by atoms with van der Waals surface area (Å²) in [4.78, 5) is 2.13. The third kappa shape index (κ3) is 9.95. The lowest BCUT2D eigenvalue weighted by atomic mass is 9.96. The molecular weight excluding hydrogens is 200 g/mol. The first kappa shape index (κ1) is 13.9. The van der Waals surface area contributed by atoms with Gasteiger partial charge in [-0.25, -0.2) is 13.6 Å². The summed E-state index contributed by atoms with van der Waals surface area (Å²) in [6.45, 7) is 8.20. The van der Waals surface area contributed by atoms with Crippen molar-refractivity contribution in [1.29, 1.82) is 0 Å². The van der Waals surface area contributed by atoms with E-state index in [2.05, 4.69) is 25.7 Å². The van der Waals surface area contributed by atoms with Crippen molar-refractivity contribution in [2.75, 3.05) is 25.9 Å². The van der Waals surface area contributed by atoms with Gasteiger partial charge in [-0.3, -0.25) is 0 Å². The molecule has 0 aliphatic heterocycles. The first-order chi connectivity index (χ1) is 6.10. The van der Waals surface area contributed by atoms with Crippen LogP contribution in [-0.2, 0) is 10.0 Å². The van der Waals surface area contributed by atoms with Crippen LogP contribution in [0.3, 0.4) is 0 Å². The molecule has 0 spiro atoms. The zero-order chi connectivity index (χ0) is 11.4. The molecule has 0 fully saturated rings. The van der Waals surface area contributed by atoms with Crippen LogP contribution >= 0.6 is 0 Å². The molecule has 0 aliphatic rings. The number of primary sulfonamides is 1. The summed E-state index contributed by atoms with van der Waals surface area (Å²) >= 11 is 0. The Balaban J connectivity index is 3.71. The van der Waals surface area contributed by atoms with Crippen molar-refractivity contribution in [3.05, 3.63) is 0 Å². The molecule has 0 saturated heterocycles. The molecule has 0 unspecified atom stereocenters. The van der Waals surface area contributed by atoms with E-state index >= 15 is 0 Å². The molecule has 0 atom stereocenters. The summed E-state index contributed by atoms with van der Waals surface area (Å²) in [6, 6.07) is 0. The lowest BCUT2D eigenvalue weighted by Gasteiger charge is -2.26. The Hall–Kier alpha value is -0.130. The van der Waals surface area contributed by atoms with Gasteiger partial charge < -0.3 is 4.90 Å². The Bertz CT molecular complexity index is 254. The van der Waals surface area contributed by atoms with E-state index in [1.807, 2.05) is 7.05 Å². The van der Waals surface area contributed by atoms with Crippen LogP contribution in [0.5, 0.6) is 0 Å². The Labute approximate surface area is 87.5 Å². The van der Waals surface area contributed by atoms with E-state index in [-0.39, 0.29) is 11.2 Å². The van der Waals surface area contributed by atoms with Crippen molar-refractivity contribution in [1.82, 2.24) is 4.90 Å². The fraction of sp³-hybridized carbons (Fsp3) is 1.00. The summed E-state index contributed by atoms with van der Waals surface area (Å²) < 4.78 is 21.3. The number of hydrogen-bond donors (Lipinski definition) is 1. The van der Waals surface area contributed by atoms with Gasteiger partial charge in [0.25, 0.3) is 0 Å². The lowest BCUT2D eigenvalue weighted by molar-refractivity contribution is 0.228. The molecule has 0 amide bonds. The fourth-order valence-corrected chi connectivity index (χ4v) is 1.96. The normalized spacial score (nSPS) is 13.6. The maximum Gasteiger partial charge on any atom is 0.209 e. The molecule has 0 aromatic heterocycles. The highest BCUT2D eigenvalue weighted by molar-refractivity contribution is 7.89. The van der Waals surface area contributed by atoms with Gasteiger partial charge in [-0.2, -0.15) is 0 Å². The van der Waals surface area contributed by atoms with Crippen molar-refractivity contribution < 1.29 is 8.42 Å². The Morgan fingerprint density at radius 3 is 2.14 bits per heavy atom. The minimum absolute atomic E-state index is 0.0709. The van der Waals surface area contributed by atoms with Gasteiger partial charge in [0.1, 0.15) is 0 Å². The quantitative estimate of drug-likeness (QED) is 0.742. The van der Waals surface area contributed by atoms with E-state index in [9.17, 15) is 8.42 Å². The average Bonchev–Trinajstić information content (AvgIpc) is 1.78. The molecule has 14 heavy (non-hydrogen) atoms. The monoisotopic (exact) mass is 222 g/mol. The summed E-state index contributed by atoms with van der Waals surface area (Å²) in [5.74, 6) is 0.0709. The lowest BCUT2D eigenvalue weighted by Crippen LogP contribution is -2.31. The second-order valence-corrected chi connectivity index (χ2v) is 6.75. The van der Waals surface area contributed by atoms with Crippen LogP contribution < -0.4 is 5.14 Å². The summed E-state index contributed by atoms with van der Waals surface area (Å²) in [7, 11) is -1.30. The van der Waals surface area contributed by atoms with Crippen molar-refractivity contribution in [3.63, 3.8) is 0 Å². The minimum Gasteiger partial charge on any atom is -0.306 e. The first-order valence-corrected chi connectivity index (χ1v) is 6.51. The van der Waals surface area contributed by atoms with Gasteiger partial charge >= 0.3 is 0 Å². The van der Waals surface area contributed by atoms with Gasteiger partial charge in [0.2, 0.25) is 10.0 Å². The van der Waals surface area contributed by atoms with Crippen LogP contribution in [0, 0.1) is 5.41 Å². The van der Waals surface area contributed by atoms with Crippen LogP contribution in [0.4, 0.5) is 0 Å². The Kier molecular flexibility index (Phi) is 5.05. The maximum atomic E-state index is 10.7. The molecule has 0 heterocycles. The highest BCUT2D eigenvalue weighted by Crippen LogP contribution is 2.13. The van der Waals surface area contributed by atoms with Gasteiger partial charge in [-0.1, -0.05) is 20.8 Å². The molecule has 0 rings (SSSR count). The topological polar surface area (TPSA) is 63.4 Å². The zero-order valence-electron chi connectivity index (χ0n) is 9.58. The molecular formula is C9H22N2O2S. The van der Waals surface area contributed by atoms with Crippen LogP contribution in [0.15, 0.2) is 0 Å². The number of nitrogens with zero attached hydrogens (tertiary/aromatic N) is 1. The largest absolute Gasteiger partial charge is 0.306 e. The molecule has 5 heteroatoms. The zero-order valence-corrected chi connectivity index (χ0v) is 10.4. The van der Waals surface area contributed by atoms with E-state index in [1.165, 1.54) is 0 Å². The average molecular weight is 222 g/mol. The second-order valence-electron chi connectivity index (χ2n) is 5.02. The third-order valence-corrected chi connectivity index (χ3v) is 2.57. The number of rotatable bonds is 5. The number of sulfonamides is 1. The van der Waals surface area contributed by atoms with E-state index in [1.54, 1.807) is 0 Å². The van der Waals surface area contributed by atoms with Crippen LogP contribution in [-0.4, -0.2) is 39.2 Å². The molecule has 2 N–H and O–H groups in total. The Morgan fingerprint density at radius 1 is 1.29 bits per heavy atom. The number of hydrogen-bond acceptors (Lipinski definition) is 3. The predicted octanol–water partition coefficient (Wildman–Crippen LogP) is 0.643. The number of nitrogens with two attached hydrogens (primary N) is 1. The smallest absolute Gasteiger partial charge is 0.209 e. The predicted molar refractivity (Wildman–Crippen MR) is 59.5 cm³/mol. The standard InChI is InChI=1S/C9H22N2O2S/c1-9(2,3)8-11(4)6-5-7-14(10,12)13/h5-8H2,1-4H3,(H2,10,12,13). The van der Waals surface area contributed by atoms with Crippen LogP contribution in [0.25, 0.3) is 0 Å². The highest BCUT2D eigenvalue weighted by atomic mass is 32.2. The van der Waals surface area contributed by atoms with Crippen LogP contribution in [0.2, 0.25) is 0 Å². The van der Waals surface area contributed by atoms with Gasteiger partial charge in [0.15, 0.2) is 0 Å². The van der Waals surface area contributed by atoms with Crippen molar-refractivity contribution in [3.8, 4) is 0 Å². The van der Waals surface area contributed by atoms with E-state index in [4.69, 9.17) is 5.14 Å². The Morgan fingerprint density at radius 2 is 1.79 bits per heavy atom. The first-order valence-electron chi connectivity index (χ1n) is 4.79. The maximum absolute atomic E-state index is 10.7. The molecule has 0 aliphatic carbocycles. The van der Waals surface area contributed by atoms with Crippen molar-refractivity contribution in [2.24, 2.45) is 10.6 Å². The summed E-state index contributed by atoms with van der Waals surface area (Å²) in [6.07, 6.45) is 0.603. The molecule has 0 aromatic rings. The molecule has 0 radical (unpaired) electrons. The van der Waals surface area contributed by atoms with Gasteiger partial charge in [-0.05, 0) is 25.4 Å². The third-order valence-electron chi connectivity index (χ3n) is 1.71. The fourth-order valence-electron chi connectivity index (χ4n) is 1.42. The van der Waals surface area contributed by atoms with Crippen molar-refractivity contribution in [2.45, 2.75) is 27.2 Å².